The molecule has 0 spiro atoms. The van der Waals surface area contributed by atoms with Crippen LogP contribution in [-0.2, 0) is 4.79 Å². The number of phenolic OH excluding ortho intramolecular Hbond substituents is 1. The summed E-state index contributed by atoms with van der Waals surface area (Å²) in [4.78, 5) is 17.0. The molecule has 0 aliphatic heterocycles. The molecule has 0 radical (unpaired) electrons. The first-order valence-electron chi connectivity index (χ1n) is 9.63. The van der Waals surface area contributed by atoms with Crippen molar-refractivity contribution in [2.24, 2.45) is 0 Å². The molecule has 4 aromatic rings. The fraction of sp³-hybridized carbons (Fsp3) is 0.0833. The third-order valence-electron chi connectivity index (χ3n) is 4.86. The number of phenols is 1. The number of pyridine rings is 1. The zero-order chi connectivity index (χ0) is 22.7. The van der Waals surface area contributed by atoms with E-state index in [4.69, 9.17) is 39.5 Å². The number of nitrogens with zero attached hydrogens (tertiary/aromatic N) is 1. The summed E-state index contributed by atoms with van der Waals surface area (Å²) in [6, 6.07) is 18.1. The number of ether oxygens (including phenoxy) is 1. The Morgan fingerprint density at radius 3 is 2.41 bits per heavy atom. The summed E-state index contributed by atoms with van der Waals surface area (Å²) in [6.45, 7) is -0.247. The fourth-order valence-corrected chi connectivity index (χ4v) is 4.27. The van der Waals surface area contributed by atoms with Gasteiger partial charge >= 0.3 is 0 Å². The summed E-state index contributed by atoms with van der Waals surface area (Å²) in [5.41, 5.74) is 1.03. The molecule has 0 saturated carbocycles. The van der Waals surface area contributed by atoms with E-state index in [2.05, 4.69) is 10.3 Å². The number of para-hydroxylation sites is 1. The minimum absolute atomic E-state index is 0.129. The molecule has 1 amide bonds. The number of aromatic hydroxyl groups is 1. The molecule has 1 heterocycles. The van der Waals surface area contributed by atoms with Gasteiger partial charge in [0, 0.05) is 32.8 Å². The van der Waals surface area contributed by atoms with Gasteiger partial charge in [0.1, 0.15) is 17.0 Å². The van der Waals surface area contributed by atoms with Gasteiger partial charge in [-0.3, -0.25) is 9.78 Å². The molecule has 0 bridgehead atoms. The predicted octanol–water partition coefficient (Wildman–Crippen LogP) is 6.19. The zero-order valence-electron chi connectivity index (χ0n) is 16.6. The molecule has 4 rings (SSSR count). The van der Waals surface area contributed by atoms with E-state index in [-0.39, 0.29) is 12.4 Å². The molecule has 1 unspecified atom stereocenters. The molecule has 8 heteroatoms. The van der Waals surface area contributed by atoms with E-state index in [0.717, 1.165) is 0 Å². The Labute approximate surface area is 199 Å². The van der Waals surface area contributed by atoms with Crippen LogP contribution in [0.1, 0.15) is 17.2 Å². The van der Waals surface area contributed by atoms with Crippen molar-refractivity contribution >= 4 is 51.6 Å². The van der Waals surface area contributed by atoms with Gasteiger partial charge in [0.05, 0.1) is 11.1 Å². The van der Waals surface area contributed by atoms with Crippen molar-refractivity contribution < 1.29 is 14.6 Å². The lowest BCUT2D eigenvalue weighted by atomic mass is 9.96. The first-order valence-corrected chi connectivity index (χ1v) is 10.8. The van der Waals surface area contributed by atoms with Crippen LogP contribution in [0, 0.1) is 0 Å². The molecule has 0 aliphatic rings. The molecular formula is C24H17Cl3N2O3. The van der Waals surface area contributed by atoms with Crippen molar-refractivity contribution in [1.82, 2.24) is 10.3 Å². The van der Waals surface area contributed by atoms with Crippen LogP contribution >= 0.6 is 34.8 Å². The van der Waals surface area contributed by atoms with Gasteiger partial charge in [-0.15, -0.1) is 0 Å². The summed E-state index contributed by atoms with van der Waals surface area (Å²) in [6.07, 6.45) is 1.55. The smallest absolute Gasteiger partial charge is 0.258 e. The lowest BCUT2D eigenvalue weighted by molar-refractivity contribution is -0.123. The number of benzene rings is 3. The second-order valence-corrected chi connectivity index (χ2v) is 8.15. The maximum absolute atomic E-state index is 12.8. The van der Waals surface area contributed by atoms with Gasteiger partial charge in [-0.25, -0.2) is 0 Å². The molecular weight excluding hydrogens is 471 g/mol. The Hall–Kier alpha value is -2.99. The topological polar surface area (TPSA) is 71.5 Å². The highest BCUT2D eigenvalue weighted by atomic mass is 35.5. The van der Waals surface area contributed by atoms with Crippen molar-refractivity contribution in [2.45, 2.75) is 6.04 Å². The number of fused-ring (bicyclic) bond motifs is 1. The molecule has 1 aromatic heterocycles. The van der Waals surface area contributed by atoms with E-state index in [1.165, 1.54) is 0 Å². The van der Waals surface area contributed by atoms with Gasteiger partial charge in [0.25, 0.3) is 5.91 Å². The van der Waals surface area contributed by atoms with Gasteiger partial charge in [0.2, 0.25) is 0 Å². The Morgan fingerprint density at radius 2 is 1.69 bits per heavy atom. The van der Waals surface area contributed by atoms with Crippen LogP contribution in [0.25, 0.3) is 10.9 Å². The molecule has 32 heavy (non-hydrogen) atoms. The number of nitrogens with one attached hydrogen (secondary N) is 1. The lowest BCUT2D eigenvalue weighted by Crippen LogP contribution is -2.33. The van der Waals surface area contributed by atoms with E-state index >= 15 is 0 Å². The number of hydrogen-bond donors (Lipinski definition) is 2. The Bertz CT molecular complexity index is 1260. The van der Waals surface area contributed by atoms with Crippen LogP contribution in [0.5, 0.6) is 11.5 Å². The van der Waals surface area contributed by atoms with Crippen molar-refractivity contribution in [3.63, 3.8) is 0 Å². The third kappa shape index (κ3) is 4.60. The van der Waals surface area contributed by atoms with Crippen molar-refractivity contribution in [3.8, 4) is 11.5 Å². The van der Waals surface area contributed by atoms with Gasteiger partial charge in [0.15, 0.2) is 6.61 Å². The Kier molecular flexibility index (Phi) is 6.70. The standard InChI is InChI=1S/C24H17Cl3N2O3/c25-17-9-4-10-18(26)21(17)22(29-20(30)13-32-14-6-2-1-3-7-14)16-12-19(27)15-8-5-11-28-23(15)24(16)31/h1-12,22,31H,13H2,(H,29,30). The molecule has 0 aliphatic carbocycles. The second kappa shape index (κ2) is 9.65. The van der Waals surface area contributed by atoms with Crippen molar-refractivity contribution in [2.75, 3.05) is 6.61 Å². The number of halogens is 3. The highest BCUT2D eigenvalue weighted by molar-refractivity contribution is 6.36. The van der Waals surface area contributed by atoms with E-state index in [1.807, 2.05) is 18.2 Å². The summed E-state index contributed by atoms with van der Waals surface area (Å²) >= 11 is 19.4. The predicted molar refractivity (Wildman–Crippen MR) is 127 cm³/mol. The third-order valence-corrected chi connectivity index (χ3v) is 5.83. The van der Waals surface area contributed by atoms with Gasteiger partial charge in [-0.2, -0.15) is 0 Å². The lowest BCUT2D eigenvalue weighted by Gasteiger charge is -2.24. The summed E-state index contributed by atoms with van der Waals surface area (Å²) < 4.78 is 5.55. The van der Waals surface area contributed by atoms with Crippen LogP contribution in [0.2, 0.25) is 15.1 Å². The van der Waals surface area contributed by atoms with Gasteiger partial charge in [-0.1, -0.05) is 59.1 Å². The molecule has 5 nitrogen and oxygen atoms in total. The van der Waals surface area contributed by atoms with Crippen LogP contribution in [0.3, 0.4) is 0 Å². The minimum atomic E-state index is -0.896. The maximum Gasteiger partial charge on any atom is 0.258 e. The van der Waals surface area contributed by atoms with Crippen LogP contribution in [0.15, 0.2) is 72.9 Å². The number of carbonyl (C=O) groups excluding carboxylic acids is 1. The Morgan fingerprint density at radius 1 is 0.969 bits per heavy atom. The minimum Gasteiger partial charge on any atom is -0.505 e. The second-order valence-electron chi connectivity index (χ2n) is 6.93. The highest BCUT2D eigenvalue weighted by Crippen LogP contribution is 2.41. The molecule has 0 saturated heterocycles. The number of amides is 1. The first-order chi connectivity index (χ1) is 15.5. The fourth-order valence-electron chi connectivity index (χ4n) is 3.39. The summed E-state index contributed by atoms with van der Waals surface area (Å²) in [5.74, 6) is -0.0162. The normalized spacial score (nSPS) is 11.8. The molecule has 2 N–H and O–H groups in total. The monoisotopic (exact) mass is 486 g/mol. The van der Waals surface area contributed by atoms with Gasteiger partial charge < -0.3 is 15.2 Å². The number of hydrogen-bond acceptors (Lipinski definition) is 4. The van der Waals surface area contributed by atoms with Crippen molar-refractivity contribution in [3.05, 3.63) is 99.1 Å². The van der Waals surface area contributed by atoms with Crippen LogP contribution < -0.4 is 10.1 Å². The first kappa shape index (κ1) is 22.2. The maximum atomic E-state index is 12.8. The average Bonchev–Trinajstić information content (AvgIpc) is 2.80. The van der Waals surface area contributed by atoms with E-state index < -0.39 is 11.9 Å². The molecule has 3 aromatic carbocycles. The molecule has 1 atom stereocenters. The van der Waals surface area contributed by atoms with Gasteiger partial charge in [-0.05, 0) is 42.5 Å². The van der Waals surface area contributed by atoms with Crippen molar-refractivity contribution in [1.29, 1.82) is 0 Å². The number of rotatable bonds is 6. The van der Waals surface area contributed by atoms with E-state index in [9.17, 15) is 9.90 Å². The van der Waals surface area contributed by atoms with Crippen LogP contribution in [-0.4, -0.2) is 22.6 Å². The largest absolute Gasteiger partial charge is 0.505 e. The van der Waals surface area contributed by atoms with E-state index in [1.54, 1.807) is 54.7 Å². The quantitative estimate of drug-likeness (QED) is 0.340. The summed E-state index contributed by atoms with van der Waals surface area (Å²) in [5, 5.41) is 15.5. The number of aromatic nitrogens is 1. The van der Waals surface area contributed by atoms with Crippen LogP contribution in [0.4, 0.5) is 0 Å². The average molecular weight is 488 g/mol. The zero-order valence-corrected chi connectivity index (χ0v) is 18.8. The van der Waals surface area contributed by atoms with E-state index in [0.29, 0.717) is 42.8 Å². The number of carbonyl (C=O) groups is 1. The summed E-state index contributed by atoms with van der Waals surface area (Å²) in [7, 11) is 0. The SMILES string of the molecule is O=C(COc1ccccc1)NC(c1cc(Cl)c2cccnc2c1O)c1c(Cl)cccc1Cl. The highest BCUT2D eigenvalue weighted by Gasteiger charge is 2.27. The Balaban J connectivity index is 1.75. The molecule has 0 fully saturated rings. The molecule has 162 valence electrons.